The third-order valence-electron chi connectivity index (χ3n) is 3.59. The van der Waals surface area contributed by atoms with Gasteiger partial charge in [0.1, 0.15) is 16.1 Å². The second kappa shape index (κ2) is 8.06. The third kappa shape index (κ3) is 5.52. The van der Waals surface area contributed by atoms with E-state index in [-0.39, 0.29) is 21.4 Å². The number of hydrogen-bond donors (Lipinski definition) is 2. The van der Waals surface area contributed by atoms with Crippen molar-refractivity contribution in [1.82, 2.24) is 5.32 Å². The number of halogens is 1. The number of anilines is 1. The Morgan fingerprint density at radius 1 is 1.26 bits per heavy atom. The summed E-state index contributed by atoms with van der Waals surface area (Å²) in [4.78, 5) is 12.6. The van der Waals surface area contributed by atoms with E-state index in [0.29, 0.717) is 13.0 Å². The second-order valence-corrected chi connectivity index (χ2v) is 9.96. The van der Waals surface area contributed by atoms with Crippen LogP contribution in [0.1, 0.15) is 31.2 Å². The van der Waals surface area contributed by atoms with Gasteiger partial charge in [0.15, 0.2) is 0 Å². The first-order chi connectivity index (χ1) is 12.5. The van der Waals surface area contributed by atoms with Crippen LogP contribution in [0.5, 0.6) is 0 Å². The highest BCUT2D eigenvalue weighted by molar-refractivity contribution is 7.94. The Morgan fingerprint density at radius 2 is 1.96 bits per heavy atom. The molecule has 9 heteroatoms. The summed E-state index contributed by atoms with van der Waals surface area (Å²) < 4.78 is 40.6. The lowest BCUT2D eigenvalue weighted by atomic mass is 9.96. The molecule has 0 aliphatic heterocycles. The lowest BCUT2D eigenvalue weighted by Gasteiger charge is -2.17. The van der Waals surface area contributed by atoms with Gasteiger partial charge in [-0.1, -0.05) is 20.8 Å². The minimum absolute atomic E-state index is 0.0197. The quantitative estimate of drug-likeness (QED) is 0.765. The Hall–Kier alpha value is -2.44. The van der Waals surface area contributed by atoms with Gasteiger partial charge in [0.2, 0.25) is 5.91 Å². The van der Waals surface area contributed by atoms with Crippen molar-refractivity contribution in [1.29, 1.82) is 5.26 Å². The summed E-state index contributed by atoms with van der Waals surface area (Å²) in [6, 6.07) is 8.16. The van der Waals surface area contributed by atoms with Crippen LogP contribution in [0.15, 0.2) is 34.5 Å². The van der Waals surface area contributed by atoms with Gasteiger partial charge in [-0.15, -0.1) is 11.3 Å². The fraction of sp³-hybridized carbons (Fsp3) is 0.333. The van der Waals surface area contributed by atoms with Gasteiger partial charge >= 0.3 is 0 Å². The summed E-state index contributed by atoms with van der Waals surface area (Å²) in [7, 11) is -3.89. The number of benzene rings is 1. The van der Waals surface area contributed by atoms with Crippen molar-refractivity contribution in [3.63, 3.8) is 0 Å². The minimum atomic E-state index is -3.89. The van der Waals surface area contributed by atoms with E-state index in [1.54, 1.807) is 12.1 Å². The molecule has 0 bridgehead atoms. The van der Waals surface area contributed by atoms with Crippen LogP contribution in [0, 0.1) is 22.6 Å². The van der Waals surface area contributed by atoms with Gasteiger partial charge in [-0.25, -0.2) is 12.8 Å². The molecule has 0 saturated heterocycles. The van der Waals surface area contributed by atoms with E-state index in [9.17, 15) is 17.6 Å². The molecule has 2 N–H and O–H groups in total. The average Bonchev–Trinajstić information content (AvgIpc) is 3.05. The molecule has 0 radical (unpaired) electrons. The van der Waals surface area contributed by atoms with Gasteiger partial charge in [0, 0.05) is 16.8 Å². The van der Waals surface area contributed by atoms with Gasteiger partial charge in [-0.3, -0.25) is 9.52 Å². The molecule has 0 fully saturated rings. The number of thiophene rings is 1. The molecule has 0 aliphatic rings. The summed E-state index contributed by atoms with van der Waals surface area (Å²) in [5.41, 5.74) is -0.562. The van der Waals surface area contributed by atoms with Crippen LogP contribution in [-0.4, -0.2) is 20.9 Å². The summed E-state index contributed by atoms with van der Waals surface area (Å²) >= 11 is 1.08. The van der Waals surface area contributed by atoms with Crippen LogP contribution in [0.4, 0.5) is 10.1 Å². The smallest absolute Gasteiger partial charge is 0.271 e. The van der Waals surface area contributed by atoms with E-state index in [1.807, 2.05) is 20.8 Å². The van der Waals surface area contributed by atoms with Crippen LogP contribution >= 0.6 is 11.3 Å². The first kappa shape index (κ1) is 20.9. The molecule has 0 atom stereocenters. The SMILES string of the molecule is CC(C)(C)C(=O)NCCc1ccc(S(=O)(=O)Nc2ccc(F)cc2C#N)s1. The average molecular weight is 410 g/mol. The maximum Gasteiger partial charge on any atom is 0.271 e. The Bertz CT molecular complexity index is 986. The molecule has 144 valence electrons. The van der Waals surface area contributed by atoms with Crippen LogP contribution in [0.3, 0.4) is 0 Å². The Morgan fingerprint density at radius 3 is 2.59 bits per heavy atom. The van der Waals surface area contributed by atoms with E-state index >= 15 is 0 Å². The topological polar surface area (TPSA) is 99.1 Å². The molecule has 0 saturated carbocycles. The van der Waals surface area contributed by atoms with E-state index < -0.39 is 21.3 Å². The van der Waals surface area contributed by atoms with Crippen molar-refractivity contribution >= 4 is 33.0 Å². The number of carbonyl (C=O) groups excluding carboxylic acids is 1. The molecule has 0 unspecified atom stereocenters. The lowest BCUT2D eigenvalue weighted by Crippen LogP contribution is -2.35. The molecule has 2 rings (SSSR count). The van der Waals surface area contributed by atoms with Crippen molar-refractivity contribution in [2.24, 2.45) is 5.41 Å². The van der Waals surface area contributed by atoms with Gasteiger partial charge in [-0.2, -0.15) is 5.26 Å². The number of amides is 1. The van der Waals surface area contributed by atoms with Gasteiger partial charge < -0.3 is 5.32 Å². The number of nitrogens with zero attached hydrogens (tertiary/aromatic N) is 1. The molecular formula is C18H20FN3O3S2. The number of nitrogens with one attached hydrogen (secondary N) is 2. The zero-order chi connectivity index (χ0) is 20.2. The highest BCUT2D eigenvalue weighted by Crippen LogP contribution is 2.26. The fourth-order valence-corrected chi connectivity index (χ4v) is 4.53. The number of nitriles is 1. The van der Waals surface area contributed by atoms with Crippen molar-refractivity contribution in [3.05, 3.63) is 46.6 Å². The molecule has 0 spiro atoms. The Kier molecular flexibility index (Phi) is 6.23. The van der Waals surface area contributed by atoms with Crippen molar-refractivity contribution in [2.75, 3.05) is 11.3 Å². The van der Waals surface area contributed by atoms with Crippen LogP contribution in [-0.2, 0) is 21.2 Å². The van der Waals surface area contributed by atoms with Crippen LogP contribution in [0.2, 0.25) is 0 Å². The van der Waals surface area contributed by atoms with Crippen molar-refractivity contribution < 1.29 is 17.6 Å². The number of carbonyl (C=O) groups is 1. The van der Waals surface area contributed by atoms with E-state index in [4.69, 9.17) is 5.26 Å². The molecular weight excluding hydrogens is 389 g/mol. The van der Waals surface area contributed by atoms with Gasteiger partial charge in [-0.05, 0) is 36.8 Å². The van der Waals surface area contributed by atoms with E-state index in [2.05, 4.69) is 10.0 Å². The zero-order valence-electron chi connectivity index (χ0n) is 15.2. The molecule has 27 heavy (non-hydrogen) atoms. The third-order valence-corrected chi connectivity index (χ3v) is 6.59. The highest BCUT2D eigenvalue weighted by Gasteiger charge is 2.21. The first-order valence-electron chi connectivity index (χ1n) is 8.12. The number of rotatable bonds is 6. The summed E-state index contributed by atoms with van der Waals surface area (Å²) in [6.45, 7) is 5.85. The fourth-order valence-electron chi connectivity index (χ4n) is 2.09. The number of sulfonamides is 1. The van der Waals surface area contributed by atoms with Crippen LogP contribution < -0.4 is 10.0 Å². The first-order valence-corrected chi connectivity index (χ1v) is 10.4. The summed E-state index contributed by atoms with van der Waals surface area (Å²) in [5.74, 6) is -0.695. The van der Waals surface area contributed by atoms with Gasteiger partial charge in [0.25, 0.3) is 10.0 Å². The van der Waals surface area contributed by atoms with Crippen molar-refractivity contribution in [2.45, 2.75) is 31.4 Å². The summed E-state index contributed by atoms with van der Waals surface area (Å²) in [6.07, 6.45) is 0.502. The molecule has 1 amide bonds. The minimum Gasteiger partial charge on any atom is -0.355 e. The largest absolute Gasteiger partial charge is 0.355 e. The highest BCUT2D eigenvalue weighted by atomic mass is 32.2. The predicted octanol–water partition coefficient (Wildman–Crippen LogP) is 3.26. The van der Waals surface area contributed by atoms with E-state index in [1.165, 1.54) is 12.1 Å². The maximum atomic E-state index is 13.2. The van der Waals surface area contributed by atoms with E-state index in [0.717, 1.165) is 28.3 Å². The van der Waals surface area contributed by atoms with Crippen LogP contribution in [0.25, 0.3) is 0 Å². The maximum absolute atomic E-state index is 13.2. The predicted molar refractivity (Wildman–Crippen MR) is 102 cm³/mol. The Labute approximate surface area is 162 Å². The Balaban J connectivity index is 2.07. The molecule has 0 aliphatic carbocycles. The standard InChI is InChI=1S/C18H20FN3O3S2/c1-18(2,3)17(23)21-9-8-14-5-7-16(26-14)27(24,25)22-15-6-4-13(19)10-12(15)11-20/h4-7,10,22H,8-9H2,1-3H3,(H,21,23). The number of hydrogen-bond acceptors (Lipinski definition) is 5. The molecule has 2 aromatic rings. The molecule has 6 nitrogen and oxygen atoms in total. The zero-order valence-corrected chi connectivity index (χ0v) is 16.8. The lowest BCUT2D eigenvalue weighted by molar-refractivity contribution is -0.128. The van der Waals surface area contributed by atoms with Crippen molar-refractivity contribution in [3.8, 4) is 6.07 Å². The monoisotopic (exact) mass is 409 g/mol. The summed E-state index contributed by atoms with van der Waals surface area (Å²) in [5, 5.41) is 11.8. The normalized spacial score (nSPS) is 11.7. The molecule has 1 aromatic carbocycles. The molecule has 1 aromatic heterocycles. The molecule has 1 heterocycles. The second-order valence-electron chi connectivity index (χ2n) is 6.88. The van der Waals surface area contributed by atoms with Gasteiger partial charge in [0.05, 0.1) is 11.3 Å².